The molecule has 0 aromatic carbocycles. The van der Waals surface area contributed by atoms with Crippen LogP contribution in [-0.2, 0) is 0 Å². The lowest BCUT2D eigenvalue weighted by molar-refractivity contribution is -0.140. The molecule has 0 spiro atoms. The zero-order chi connectivity index (χ0) is 13.8. The third-order valence-electron chi connectivity index (χ3n) is 1.96. The highest BCUT2D eigenvalue weighted by atomic mass is 79.9. The van der Waals surface area contributed by atoms with Gasteiger partial charge in [0.1, 0.15) is 12.2 Å². The van der Waals surface area contributed by atoms with Crippen molar-refractivity contribution in [2.24, 2.45) is 0 Å². The summed E-state index contributed by atoms with van der Waals surface area (Å²) in [5.74, 6) is -0.775. The van der Waals surface area contributed by atoms with Crippen LogP contribution in [0.25, 0.3) is 0 Å². The van der Waals surface area contributed by atoms with Gasteiger partial charge in [-0.25, -0.2) is 4.98 Å². The molecule has 18 heavy (non-hydrogen) atoms. The lowest BCUT2D eigenvalue weighted by Crippen LogP contribution is -2.40. The van der Waals surface area contributed by atoms with E-state index in [2.05, 4.69) is 20.9 Å². The van der Waals surface area contributed by atoms with Crippen molar-refractivity contribution in [3.05, 3.63) is 29.0 Å². The monoisotopic (exact) mass is 344 g/mol. The summed E-state index contributed by atoms with van der Waals surface area (Å²) in [5.41, 5.74) is -0.0652. The summed E-state index contributed by atoms with van der Waals surface area (Å²) in [6.07, 6.45) is -3.22. The van der Waals surface area contributed by atoms with Crippen LogP contribution in [-0.4, -0.2) is 40.4 Å². The van der Waals surface area contributed by atoms with E-state index in [1.807, 2.05) is 0 Å². The van der Waals surface area contributed by atoms with Crippen LogP contribution in [0.2, 0.25) is 5.02 Å². The molecule has 0 aliphatic carbocycles. The first kappa shape index (κ1) is 15.2. The van der Waals surface area contributed by atoms with Crippen molar-refractivity contribution < 1.29 is 18.0 Å². The molecule has 0 aliphatic rings. The predicted octanol–water partition coefficient (Wildman–Crippen LogP) is 3.13. The second-order valence-corrected chi connectivity index (χ2v) is 4.62. The van der Waals surface area contributed by atoms with E-state index in [4.69, 9.17) is 11.6 Å². The maximum atomic E-state index is 12.3. The van der Waals surface area contributed by atoms with Crippen LogP contribution in [0.15, 0.2) is 18.3 Å². The maximum absolute atomic E-state index is 12.3. The number of carbonyl (C=O) groups excluding carboxylic acids is 1. The van der Waals surface area contributed by atoms with Crippen LogP contribution >= 0.6 is 27.5 Å². The Bertz CT molecular complexity index is 411. The molecule has 0 unspecified atom stereocenters. The molecule has 3 nitrogen and oxygen atoms in total. The summed E-state index contributed by atoms with van der Waals surface area (Å²) >= 11 is 8.60. The first-order chi connectivity index (χ1) is 8.33. The smallest absolute Gasteiger partial charge is 0.327 e. The average Bonchev–Trinajstić information content (AvgIpc) is 2.27. The summed E-state index contributed by atoms with van der Waals surface area (Å²) in [7, 11) is 0. The Kier molecular flexibility index (Phi) is 5.40. The average molecular weight is 346 g/mol. The molecule has 1 aromatic heterocycles. The van der Waals surface area contributed by atoms with Gasteiger partial charge in [-0.3, -0.25) is 4.79 Å². The second kappa shape index (κ2) is 6.38. The Balaban J connectivity index is 2.85. The molecule has 0 bridgehead atoms. The lowest BCUT2D eigenvalue weighted by atomic mass is 10.3. The summed E-state index contributed by atoms with van der Waals surface area (Å²) in [4.78, 5) is 16.2. The molecule has 0 saturated heterocycles. The fourth-order valence-corrected chi connectivity index (χ4v) is 1.78. The molecule has 1 aromatic rings. The minimum absolute atomic E-state index is 0.0529. The van der Waals surface area contributed by atoms with Gasteiger partial charge in [-0.1, -0.05) is 27.5 Å². The molecular formula is C10H9BrClF3N2O. The molecule has 1 heterocycles. The molecule has 1 rings (SSSR count). The highest BCUT2D eigenvalue weighted by molar-refractivity contribution is 9.09. The Morgan fingerprint density at radius 2 is 2.11 bits per heavy atom. The van der Waals surface area contributed by atoms with Gasteiger partial charge in [-0.05, 0) is 12.1 Å². The highest BCUT2D eigenvalue weighted by Crippen LogP contribution is 2.18. The van der Waals surface area contributed by atoms with E-state index >= 15 is 0 Å². The predicted molar refractivity (Wildman–Crippen MR) is 65.0 cm³/mol. The summed E-state index contributed by atoms with van der Waals surface area (Å²) in [6.45, 7) is -1.36. The fraction of sp³-hybridized carbons (Fsp3) is 0.400. The summed E-state index contributed by atoms with van der Waals surface area (Å²) in [6, 6.07) is 2.70. The van der Waals surface area contributed by atoms with Crippen LogP contribution in [0.3, 0.4) is 0 Å². The van der Waals surface area contributed by atoms with Crippen LogP contribution in [0.5, 0.6) is 0 Å². The largest absolute Gasteiger partial charge is 0.406 e. The molecule has 8 heteroatoms. The van der Waals surface area contributed by atoms with Crippen molar-refractivity contribution in [2.75, 3.05) is 18.4 Å². The molecule has 0 N–H and O–H groups in total. The Morgan fingerprint density at radius 1 is 1.44 bits per heavy atom. The van der Waals surface area contributed by atoms with Gasteiger partial charge in [-0.2, -0.15) is 13.2 Å². The van der Waals surface area contributed by atoms with Gasteiger partial charge in [0, 0.05) is 18.1 Å². The van der Waals surface area contributed by atoms with Gasteiger partial charge in [0.25, 0.3) is 5.91 Å². The zero-order valence-corrected chi connectivity index (χ0v) is 11.4. The van der Waals surface area contributed by atoms with Gasteiger partial charge in [0.2, 0.25) is 0 Å². The van der Waals surface area contributed by atoms with Gasteiger partial charge in [-0.15, -0.1) is 0 Å². The van der Waals surface area contributed by atoms with E-state index in [1.165, 1.54) is 18.3 Å². The SMILES string of the molecule is O=C(c1ccc(Cl)cn1)N(CCBr)CC(F)(F)F. The fourth-order valence-electron chi connectivity index (χ4n) is 1.24. The molecule has 0 fully saturated rings. The van der Waals surface area contributed by atoms with Crippen molar-refractivity contribution in [1.82, 2.24) is 9.88 Å². The van der Waals surface area contributed by atoms with E-state index in [0.717, 1.165) is 0 Å². The quantitative estimate of drug-likeness (QED) is 0.786. The maximum Gasteiger partial charge on any atom is 0.406 e. The number of nitrogens with zero attached hydrogens (tertiary/aromatic N) is 2. The minimum Gasteiger partial charge on any atom is -0.327 e. The van der Waals surface area contributed by atoms with Crippen LogP contribution in [0.1, 0.15) is 10.5 Å². The molecule has 100 valence electrons. The van der Waals surface area contributed by atoms with Gasteiger partial charge >= 0.3 is 6.18 Å². The number of halogens is 5. The third kappa shape index (κ3) is 4.81. The number of pyridine rings is 1. The molecule has 1 amide bonds. The van der Waals surface area contributed by atoms with Crippen LogP contribution in [0.4, 0.5) is 13.2 Å². The highest BCUT2D eigenvalue weighted by Gasteiger charge is 2.33. The molecule has 0 saturated carbocycles. The van der Waals surface area contributed by atoms with Crippen LogP contribution < -0.4 is 0 Å². The first-order valence-electron chi connectivity index (χ1n) is 4.87. The normalized spacial score (nSPS) is 11.4. The topological polar surface area (TPSA) is 33.2 Å². The van der Waals surface area contributed by atoms with E-state index in [1.54, 1.807) is 0 Å². The number of amides is 1. The molecule has 0 radical (unpaired) electrons. The van der Waals surface area contributed by atoms with Crippen molar-refractivity contribution in [2.45, 2.75) is 6.18 Å². The standard InChI is InChI=1S/C10H9BrClF3N2O/c11-3-4-17(6-10(13,14)15)9(18)8-2-1-7(12)5-16-8/h1-2,5H,3-4,6H2. The molecule has 0 atom stereocenters. The number of carbonyl (C=O) groups is 1. The van der Waals surface area contributed by atoms with E-state index < -0.39 is 18.6 Å². The summed E-state index contributed by atoms with van der Waals surface area (Å²) < 4.78 is 37.0. The van der Waals surface area contributed by atoms with E-state index in [-0.39, 0.29) is 17.6 Å². The minimum atomic E-state index is -4.44. The van der Waals surface area contributed by atoms with Crippen molar-refractivity contribution >= 4 is 33.4 Å². The van der Waals surface area contributed by atoms with Gasteiger partial charge in [0.05, 0.1) is 5.02 Å². The van der Waals surface area contributed by atoms with E-state index in [9.17, 15) is 18.0 Å². The zero-order valence-electron chi connectivity index (χ0n) is 9.05. The summed E-state index contributed by atoms with van der Waals surface area (Å²) in [5, 5.41) is 0.567. The van der Waals surface area contributed by atoms with Gasteiger partial charge < -0.3 is 4.90 Å². The number of rotatable bonds is 4. The third-order valence-corrected chi connectivity index (χ3v) is 2.54. The van der Waals surface area contributed by atoms with Gasteiger partial charge in [0.15, 0.2) is 0 Å². The lowest BCUT2D eigenvalue weighted by Gasteiger charge is -2.22. The number of hydrogen-bond acceptors (Lipinski definition) is 2. The number of alkyl halides is 4. The van der Waals surface area contributed by atoms with Crippen LogP contribution in [0, 0.1) is 0 Å². The van der Waals surface area contributed by atoms with Crippen molar-refractivity contribution in [3.63, 3.8) is 0 Å². The first-order valence-corrected chi connectivity index (χ1v) is 6.37. The van der Waals surface area contributed by atoms with Crippen molar-refractivity contribution in [3.8, 4) is 0 Å². The Morgan fingerprint density at radius 3 is 2.56 bits per heavy atom. The molecular weight excluding hydrogens is 336 g/mol. The Hall–Kier alpha value is -0.820. The molecule has 0 aliphatic heterocycles. The van der Waals surface area contributed by atoms with Crippen molar-refractivity contribution in [1.29, 1.82) is 0 Å². The number of aromatic nitrogens is 1. The Labute approximate surface area is 115 Å². The van der Waals surface area contributed by atoms with E-state index in [0.29, 0.717) is 9.92 Å². The second-order valence-electron chi connectivity index (χ2n) is 3.39. The number of hydrogen-bond donors (Lipinski definition) is 0.